The zero-order chi connectivity index (χ0) is 18.2. The van der Waals surface area contributed by atoms with Gasteiger partial charge in [-0.3, -0.25) is 0 Å². The van der Waals surface area contributed by atoms with Crippen molar-refractivity contribution in [3.63, 3.8) is 0 Å². The van der Waals surface area contributed by atoms with Crippen LogP contribution in [0.2, 0.25) is 0 Å². The van der Waals surface area contributed by atoms with Gasteiger partial charge in [-0.2, -0.15) is 4.98 Å². The van der Waals surface area contributed by atoms with Crippen molar-refractivity contribution in [1.29, 1.82) is 0 Å². The summed E-state index contributed by atoms with van der Waals surface area (Å²) < 4.78 is 23.5. The van der Waals surface area contributed by atoms with Crippen molar-refractivity contribution in [3.8, 4) is 0 Å². The monoisotopic (exact) mass is 360 g/mol. The molecule has 6 nitrogen and oxygen atoms in total. The first-order chi connectivity index (χ1) is 11.7. The Labute approximate surface area is 149 Å². The second-order valence-electron chi connectivity index (χ2n) is 6.80. The van der Waals surface area contributed by atoms with Gasteiger partial charge in [-0.05, 0) is 38.8 Å². The Morgan fingerprint density at radius 1 is 1.16 bits per heavy atom. The first-order valence-electron chi connectivity index (χ1n) is 8.37. The van der Waals surface area contributed by atoms with Gasteiger partial charge in [0.2, 0.25) is 5.95 Å². The quantitative estimate of drug-likeness (QED) is 0.904. The fourth-order valence-electron chi connectivity index (χ4n) is 3.13. The summed E-state index contributed by atoms with van der Waals surface area (Å²) in [6, 6.07) is 8.02. The first kappa shape index (κ1) is 17.7. The molecule has 3 rings (SSSR count). The smallest absolute Gasteiger partial charge is 0.229 e. The van der Waals surface area contributed by atoms with Gasteiger partial charge in [0.25, 0.3) is 0 Å². The number of hydrogen-bond donors (Lipinski definition) is 1. The molecule has 0 radical (unpaired) electrons. The van der Waals surface area contributed by atoms with Crippen LogP contribution in [0.4, 0.5) is 17.5 Å². The topological polar surface area (TPSA) is 75.2 Å². The van der Waals surface area contributed by atoms with Crippen LogP contribution in [0, 0.1) is 20.8 Å². The molecule has 1 N–H and O–H groups in total. The minimum Gasteiger partial charge on any atom is -0.355 e. The number of anilines is 3. The van der Waals surface area contributed by atoms with Gasteiger partial charge >= 0.3 is 0 Å². The molecule has 1 saturated heterocycles. The largest absolute Gasteiger partial charge is 0.355 e. The predicted molar refractivity (Wildman–Crippen MR) is 101 cm³/mol. The summed E-state index contributed by atoms with van der Waals surface area (Å²) in [5.74, 6) is 1.70. The van der Waals surface area contributed by atoms with Crippen molar-refractivity contribution in [1.82, 2.24) is 9.97 Å². The molecule has 1 atom stereocenters. The Morgan fingerprint density at radius 2 is 1.92 bits per heavy atom. The molecule has 25 heavy (non-hydrogen) atoms. The van der Waals surface area contributed by atoms with Crippen molar-refractivity contribution in [3.05, 3.63) is 41.1 Å². The average Bonchev–Trinajstić information content (AvgIpc) is 2.89. The van der Waals surface area contributed by atoms with E-state index >= 15 is 0 Å². The Kier molecular flexibility index (Phi) is 4.69. The lowest BCUT2D eigenvalue weighted by molar-refractivity contribution is 0.600. The van der Waals surface area contributed by atoms with Crippen molar-refractivity contribution < 1.29 is 8.42 Å². The maximum atomic E-state index is 11.7. The van der Waals surface area contributed by atoms with Crippen LogP contribution in [0.15, 0.2) is 24.3 Å². The summed E-state index contributed by atoms with van der Waals surface area (Å²) in [4.78, 5) is 11.0. The van der Waals surface area contributed by atoms with E-state index in [9.17, 15) is 8.42 Å². The first-order valence-corrected chi connectivity index (χ1v) is 10.2. The third kappa shape index (κ3) is 4.10. The molecule has 2 heterocycles. The zero-order valence-corrected chi connectivity index (χ0v) is 15.9. The van der Waals surface area contributed by atoms with Crippen molar-refractivity contribution in [2.24, 2.45) is 0 Å². The van der Waals surface area contributed by atoms with E-state index in [-0.39, 0.29) is 17.5 Å². The van der Waals surface area contributed by atoms with E-state index in [1.54, 1.807) is 0 Å². The number of sulfone groups is 1. The van der Waals surface area contributed by atoms with Gasteiger partial charge in [-0.1, -0.05) is 17.7 Å². The molecule has 1 fully saturated rings. The van der Waals surface area contributed by atoms with Crippen molar-refractivity contribution >= 4 is 27.3 Å². The van der Waals surface area contributed by atoms with Crippen molar-refractivity contribution in [2.75, 3.05) is 28.8 Å². The van der Waals surface area contributed by atoms with E-state index in [0.29, 0.717) is 12.4 Å². The number of aryl methyl sites for hydroxylation is 3. The summed E-state index contributed by atoms with van der Waals surface area (Å²) >= 11 is 0. The molecule has 0 aliphatic carbocycles. The lowest BCUT2D eigenvalue weighted by Crippen LogP contribution is -2.33. The molecule has 134 valence electrons. The van der Waals surface area contributed by atoms with Crippen LogP contribution in [0.5, 0.6) is 0 Å². The molecular formula is C18H24N4O2S. The Morgan fingerprint density at radius 3 is 2.56 bits per heavy atom. The lowest BCUT2D eigenvalue weighted by atomic mass is 10.1. The second-order valence-corrected chi connectivity index (χ2v) is 9.03. The Balaban J connectivity index is 1.85. The minimum absolute atomic E-state index is 0.0340. The third-order valence-corrected chi connectivity index (χ3v) is 6.34. The lowest BCUT2D eigenvalue weighted by Gasteiger charge is -2.25. The fraction of sp³-hybridized carbons (Fsp3) is 0.444. The summed E-state index contributed by atoms with van der Waals surface area (Å²) in [5, 5.41) is 3.28. The normalized spacial score (nSPS) is 19.0. The van der Waals surface area contributed by atoms with Crippen LogP contribution < -0.4 is 10.2 Å². The van der Waals surface area contributed by atoms with Crippen LogP contribution in [-0.4, -0.2) is 43.0 Å². The number of nitrogens with one attached hydrogen (secondary N) is 1. The summed E-state index contributed by atoms with van der Waals surface area (Å²) in [5.41, 5.74) is 4.14. The molecule has 1 aromatic heterocycles. The second kappa shape index (κ2) is 6.63. The molecule has 0 amide bonds. The average molecular weight is 360 g/mol. The number of aromatic nitrogens is 2. The minimum atomic E-state index is -2.93. The van der Waals surface area contributed by atoms with Crippen LogP contribution >= 0.6 is 0 Å². The van der Waals surface area contributed by atoms with E-state index in [1.807, 2.05) is 44.0 Å². The number of benzene rings is 1. The SMILES string of the molecule is Cc1ccc(Nc2nc(C)cc(N(C)C3CCS(=O)(=O)C3)n2)c(C)c1. The molecule has 1 unspecified atom stereocenters. The third-order valence-electron chi connectivity index (χ3n) is 4.59. The molecular weight excluding hydrogens is 336 g/mol. The molecule has 0 saturated carbocycles. The van der Waals surface area contributed by atoms with Gasteiger partial charge in [-0.15, -0.1) is 0 Å². The fourth-order valence-corrected chi connectivity index (χ4v) is 4.91. The standard InChI is InChI=1S/C18H24N4O2S/c1-12-5-6-16(13(2)9-12)20-18-19-14(3)10-17(21-18)22(4)15-7-8-25(23,24)11-15/h5-6,9-10,15H,7-8,11H2,1-4H3,(H,19,20,21). The van der Waals surface area contributed by atoms with E-state index in [1.165, 1.54) is 5.56 Å². The number of hydrogen-bond acceptors (Lipinski definition) is 6. The van der Waals surface area contributed by atoms with Gasteiger partial charge in [-0.25, -0.2) is 13.4 Å². The van der Waals surface area contributed by atoms with Crippen LogP contribution in [0.3, 0.4) is 0 Å². The number of nitrogens with zero attached hydrogens (tertiary/aromatic N) is 3. The summed E-state index contributed by atoms with van der Waals surface area (Å²) in [6.45, 7) is 6.02. The molecule has 0 spiro atoms. The molecule has 0 bridgehead atoms. The maximum Gasteiger partial charge on any atom is 0.229 e. The zero-order valence-electron chi connectivity index (χ0n) is 15.1. The van der Waals surface area contributed by atoms with Gasteiger partial charge in [0, 0.05) is 30.5 Å². The number of rotatable bonds is 4. The highest BCUT2D eigenvalue weighted by molar-refractivity contribution is 7.91. The maximum absolute atomic E-state index is 11.7. The van der Waals surface area contributed by atoms with Crippen LogP contribution in [-0.2, 0) is 9.84 Å². The molecule has 1 aliphatic heterocycles. The van der Waals surface area contributed by atoms with Crippen LogP contribution in [0.1, 0.15) is 23.2 Å². The summed E-state index contributed by atoms with van der Waals surface area (Å²) in [7, 11) is -1.03. The summed E-state index contributed by atoms with van der Waals surface area (Å²) in [6.07, 6.45) is 0.641. The van der Waals surface area contributed by atoms with E-state index in [2.05, 4.69) is 28.3 Å². The highest BCUT2D eigenvalue weighted by Crippen LogP contribution is 2.25. The van der Waals surface area contributed by atoms with E-state index in [4.69, 9.17) is 0 Å². The van der Waals surface area contributed by atoms with Crippen molar-refractivity contribution in [2.45, 2.75) is 33.2 Å². The molecule has 1 aromatic carbocycles. The van der Waals surface area contributed by atoms with Crippen LogP contribution in [0.25, 0.3) is 0 Å². The molecule has 1 aliphatic rings. The predicted octanol–water partition coefficient (Wildman–Crippen LogP) is 2.77. The highest BCUT2D eigenvalue weighted by atomic mass is 32.2. The highest BCUT2D eigenvalue weighted by Gasteiger charge is 2.31. The van der Waals surface area contributed by atoms with E-state index in [0.717, 1.165) is 22.8 Å². The Bertz CT molecular complexity index is 896. The van der Waals surface area contributed by atoms with E-state index < -0.39 is 9.84 Å². The van der Waals surface area contributed by atoms with Gasteiger partial charge in [0.05, 0.1) is 11.5 Å². The van der Waals surface area contributed by atoms with Gasteiger partial charge in [0.15, 0.2) is 9.84 Å². The Hall–Kier alpha value is -2.15. The molecule has 7 heteroatoms. The molecule has 2 aromatic rings. The van der Waals surface area contributed by atoms with Gasteiger partial charge in [0.1, 0.15) is 5.82 Å². The van der Waals surface area contributed by atoms with Gasteiger partial charge < -0.3 is 10.2 Å².